The van der Waals surface area contributed by atoms with Crippen LogP contribution in [0.5, 0.6) is 0 Å². The van der Waals surface area contributed by atoms with Crippen LogP contribution in [0.2, 0.25) is 0 Å². The van der Waals surface area contributed by atoms with Crippen LogP contribution in [0.15, 0.2) is 65.5 Å². The van der Waals surface area contributed by atoms with Crippen LogP contribution < -0.4 is 11.1 Å². The number of aliphatic imine (C=N–C) groups is 1. The van der Waals surface area contributed by atoms with Crippen LogP contribution in [-0.4, -0.2) is 31.4 Å². The number of carbonyl (C=O) groups excluding carboxylic acids is 1. The zero-order valence-electron chi connectivity index (χ0n) is 23.8. The Morgan fingerprint density at radius 1 is 1.30 bits per heavy atom. The number of rotatable bonds is 8. The molecule has 0 saturated carbocycles. The van der Waals surface area contributed by atoms with Gasteiger partial charge in [0, 0.05) is 36.8 Å². The second-order valence-corrected chi connectivity index (χ2v) is 10.8. The topological polar surface area (TPSA) is 76.7 Å². The first-order valence-electron chi connectivity index (χ1n) is 13.2. The van der Waals surface area contributed by atoms with Crippen molar-refractivity contribution in [2.45, 2.75) is 73.8 Å². The summed E-state index contributed by atoms with van der Waals surface area (Å²) >= 11 is 0. The normalized spacial score (nSPS) is 19.8. The number of aryl methyl sites for hydroxylation is 1. The fourth-order valence-electron chi connectivity index (χ4n) is 4.33. The molecule has 5 nitrogen and oxygen atoms in total. The molecule has 0 bridgehead atoms. The molecule has 1 aliphatic heterocycles. The largest absolute Gasteiger partial charge is 0.462 e. The van der Waals surface area contributed by atoms with Gasteiger partial charge in [-0.1, -0.05) is 58.1 Å². The van der Waals surface area contributed by atoms with Gasteiger partial charge in [0.1, 0.15) is 0 Å². The fraction of sp³-hybridized carbons (Fsp3) is 0.438. The van der Waals surface area contributed by atoms with Crippen LogP contribution in [-0.2, 0) is 22.4 Å². The Balaban J connectivity index is 2.68. The molecule has 3 N–H and O–H groups in total. The highest BCUT2D eigenvalue weighted by molar-refractivity contribution is 6.10. The third-order valence-electron chi connectivity index (χ3n) is 6.65. The summed E-state index contributed by atoms with van der Waals surface area (Å²) in [6.45, 7) is 23.8. The molecule has 0 fully saturated rings. The molecule has 0 aromatic heterocycles. The molecular formula is C32H45N3O2. The Bertz CT molecular complexity index is 1140. The van der Waals surface area contributed by atoms with E-state index in [1.165, 1.54) is 11.1 Å². The Kier molecular flexibility index (Phi) is 10.7. The Labute approximate surface area is 224 Å². The van der Waals surface area contributed by atoms with Gasteiger partial charge in [-0.15, -0.1) is 6.58 Å². The van der Waals surface area contributed by atoms with Crippen molar-refractivity contribution < 1.29 is 9.53 Å². The summed E-state index contributed by atoms with van der Waals surface area (Å²) in [5.41, 5.74) is 14.8. The van der Waals surface area contributed by atoms with Crippen molar-refractivity contribution in [1.29, 1.82) is 0 Å². The van der Waals surface area contributed by atoms with E-state index in [0.717, 1.165) is 47.1 Å². The third kappa shape index (κ3) is 8.08. The number of allylic oxidation sites excluding steroid dienone is 3. The highest BCUT2D eigenvalue weighted by Crippen LogP contribution is 2.33. The minimum Gasteiger partial charge on any atom is -0.462 e. The maximum Gasteiger partial charge on any atom is 0.340 e. The molecule has 1 unspecified atom stereocenters. The minimum atomic E-state index is -0.370. The number of nitrogens with zero attached hydrogens (tertiary/aromatic N) is 1. The van der Waals surface area contributed by atoms with Crippen molar-refractivity contribution in [3.05, 3.63) is 82.7 Å². The summed E-state index contributed by atoms with van der Waals surface area (Å²) in [5.74, 6) is -0.370. The van der Waals surface area contributed by atoms with E-state index in [4.69, 9.17) is 10.5 Å². The van der Waals surface area contributed by atoms with Crippen molar-refractivity contribution in [2.75, 3.05) is 13.2 Å². The average molecular weight is 504 g/mol. The van der Waals surface area contributed by atoms with Gasteiger partial charge in [-0.3, -0.25) is 4.99 Å². The van der Waals surface area contributed by atoms with E-state index in [1.54, 1.807) is 12.4 Å². The lowest BCUT2D eigenvalue weighted by atomic mass is 9.79. The van der Waals surface area contributed by atoms with Gasteiger partial charge in [-0.2, -0.15) is 0 Å². The lowest BCUT2D eigenvalue weighted by Gasteiger charge is -2.33. The van der Waals surface area contributed by atoms with E-state index in [9.17, 15) is 4.79 Å². The van der Waals surface area contributed by atoms with Crippen LogP contribution in [0.25, 0.3) is 11.1 Å². The summed E-state index contributed by atoms with van der Waals surface area (Å²) < 4.78 is 5.32. The third-order valence-corrected chi connectivity index (χ3v) is 6.65. The molecular weight excluding hydrogens is 458 g/mol. The maximum atomic E-state index is 12.7. The van der Waals surface area contributed by atoms with E-state index in [2.05, 4.69) is 70.2 Å². The first-order chi connectivity index (χ1) is 17.4. The predicted octanol–water partition coefficient (Wildman–Crippen LogP) is 6.55. The van der Waals surface area contributed by atoms with Gasteiger partial charge in [0.05, 0.1) is 12.2 Å². The smallest absolute Gasteiger partial charge is 0.340 e. The van der Waals surface area contributed by atoms with E-state index >= 15 is 0 Å². The molecule has 1 atom stereocenters. The summed E-state index contributed by atoms with van der Waals surface area (Å²) in [6.07, 6.45) is 9.73. The van der Waals surface area contributed by atoms with Crippen molar-refractivity contribution >= 4 is 23.3 Å². The molecule has 0 radical (unpaired) electrons. The standard InChI is InChI=1S/C32H45N3O2/c1-10-24-15-27-22(5)14-23(6)29(31(36)37-11-2)20-35-30(32(7,8)9)17-25(27)16-28(24)26(18-33)19-34-13-12-21(3)4/h14-16,18-20,30,35H,3,6,10-13,17,33H2,1-2,4-5,7-9H3/b22-14+,26-18?,29-20+,34-19?. The number of hydrogen-bond acceptors (Lipinski definition) is 5. The van der Waals surface area contributed by atoms with Crippen molar-refractivity contribution in [2.24, 2.45) is 16.1 Å². The number of hydrogen-bond donors (Lipinski definition) is 2. The molecule has 37 heavy (non-hydrogen) atoms. The van der Waals surface area contributed by atoms with Crippen LogP contribution in [0, 0.1) is 5.41 Å². The summed E-state index contributed by atoms with van der Waals surface area (Å²) in [5, 5.41) is 3.52. The monoisotopic (exact) mass is 503 g/mol. The van der Waals surface area contributed by atoms with Gasteiger partial charge in [-0.05, 0) is 78.8 Å². The molecule has 1 heterocycles. The molecule has 5 heteroatoms. The number of benzene rings is 1. The molecule has 0 aliphatic carbocycles. The molecule has 0 spiro atoms. The number of esters is 1. The number of fused-ring (bicyclic) bond motifs is 1. The SMILES string of the molecule is C=C(C)CCN=CC(=CN)c1cc2c(cc1CC)/C(C)=C/C(=C)/C(C(=O)OCC)=C\NC(C(C)(C)C)C2. The van der Waals surface area contributed by atoms with Gasteiger partial charge in [0.15, 0.2) is 0 Å². The molecule has 1 aliphatic rings. The molecule has 0 saturated heterocycles. The number of nitrogens with two attached hydrogens (primary N) is 1. The summed E-state index contributed by atoms with van der Waals surface area (Å²) in [7, 11) is 0. The zero-order chi connectivity index (χ0) is 27.8. The Hall–Kier alpha value is -3.34. The molecule has 1 aromatic rings. The Morgan fingerprint density at radius 3 is 2.57 bits per heavy atom. The van der Waals surface area contributed by atoms with Crippen LogP contribution in [0.3, 0.4) is 0 Å². The van der Waals surface area contributed by atoms with Gasteiger partial charge < -0.3 is 15.8 Å². The quantitative estimate of drug-likeness (QED) is 0.239. The summed E-state index contributed by atoms with van der Waals surface area (Å²) in [4.78, 5) is 17.3. The average Bonchev–Trinajstić information content (AvgIpc) is 2.82. The number of ether oxygens (including phenoxy) is 1. The van der Waals surface area contributed by atoms with E-state index < -0.39 is 0 Å². The second kappa shape index (κ2) is 13.3. The lowest BCUT2D eigenvalue weighted by Crippen LogP contribution is -2.40. The number of nitrogens with one attached hydrogen (secondary N) is 1. The molecule has 2 rings (SSSR count). The van der Waals surface area contributed by atoms with Gasteiger partial charge in [0.25, 0.3) is 0 Å². The highest BCUT2D eigenvalue weighted by atomic mass is 16.5. The predicted molar refractivity (Wildman–Crippen MR) is 158 cm³/mol. The van der Waals surface area contributed by atoms with Crippen molar-refractivity contribution in [3.8, 4) is 0 Å². The minimum absolute atomic E-state index is 0.0595. The van der Waals surface area contributed by atoms with Crippen LogP contribution >= 0.6 is 0 Å². The van der Waals surface area contributed by atoms with Gasteiger partial charge in [0.2, 0.25) is 0 Å². The first-order valence-corrected chi connectivity index (χ1v) is 13.2. The van der Waals surface area contributed by atoms with Crippen molar-refractivity contribution in [3.63, 3.8) is 0 Å². The fourth-order valence-corrected chi connectivity index (χ4v) is 4.33. The maximum absolute atomic E-state index is 12.7. The van der Waals surface area contributed by atoms with Crippen LogP contribution in [0.4, 0.5) is 0 Å². The van der Waals surface area contributed by atoms with Crippen LogP contribution in [0.1, 0.15) is 77.1 Å². The summed E-state index contributed by atoms with van der Waals surface area (Å²) in [6, 6.07) is 4.57. The van der Waals surface area contributed by atoms with E-state index in [-0.39, 0.29) is 17.4 Å². The van der Waals surface area contributed by atoms with E-state index in [1.807, 2.05) is 26.1 Å². The molecule has 1 aromatic carbocycles. The van der Waals surface area contributed by atoms with Gasteiger partial charge >= 0.3 is 5.97 Å². The molecule has 0 amide bonds. The Morgan fingerprint density at radius 2 is 2.00 bits per heavy atom. The molecule has 200 valence electrons. The number of carbonyl (C=O) groups is 1. The van der Waals surface area contributed by atoms with E-state index in [0.29, 0.717) is 24.3 Å². The zero-order valence-corrected chi connectivity index (χ0v) is 23.8. The highest BCUT2D eigenvalue weighted by Gasteiger charge is 2.27. The van der Waals surface area contributed by atoms with Crippen molar-refractivity contribution in [1.82, 2.24) is 5.32 Å². The first kappa shape index (κ1) is 29.9. The lowest BCUT2D eigenvalue weighted by molar-refractivity contribution is -0.138. The van der Waals surface area contributed by atoms with Gasteiger partial charge in [-0.25, -0.2) is 4.79 Å². The second-order valence-electron chi connectivity index (χ2n) is 10.8.